The zero-order valence-electron chi connectivity index (χ0n) is 8.00. The Kier molecular flexibility index (Phi) is 4.06. The van der Waals surface area contributed by atoms with Crippen LogP contribution in [0.5, 0.6) is 0 Å². The second-order valence-corrected chi connectivity index (χ2v) is 4.77. The van der Waals surface area contributed by atoms with Gasteiger partial charge in [0, 0.05) is 4.75 Å². The maximum Gasteiger partial charge on any atom is 0.324 e. The maximum atomic E-state index is 11.2. The Morgan fingerprint density at radius 1 is 1.50 bits per heavy atom. The molecule has 1 atom stereocenters. The predicted molar refractivity (Wildman–Crippen MR) is 52.3 cm³/mol. The Balaban J connectivity index is 4.12. The summed E-state index contributed by atoms with van der Waals surface area (Å²) in [6.45, 7) is 7.14. The topological polar surface area (TPSA) is 52.3 Å². The van der Waals surface area contributed by atoms with Gasteiger partial charge in [0.1, 0.15) is 6.04 Å². The zero-order valence-corrected chi connectivity index (χ0v) is 8.89. The van der Waals surface area contributed by atoms with Crippen molar-refractivity contribution in [1.82, 2.24) is 0 Å². The van der Waals surface area contributed by atoms with Crippen molar-refractivity contribution in [3.8, 4) is 0 Å². The minimum atomic E-state index is -0.678. The van der Waals surface area contributed by atoms with Crippen molar-refractivity contribution in [3.63, 3.8) is 0 Å². The number of hydrogen-bond donors (Lipinski definition) is 2. The Bertz CT molecular complexity index is 163. The normalized spacial score (nSPS) is 14.6. The van der Waals surface area contributed by atoms with Crippen LogP contribution in [0, 0.1) is 0 Å². The van der Waals surface area contributed by atoms with E-state index >= 15 is 0 Å². The fourth-order valence-electron chi connectivity index (χ4n) is 0.594. The maximum absolute atomic E-state index is 11.2. The smallest absolute Gasteiger partial charge is 0.324 e. The van der Waals surface area contributed by atoms with Gasteiger partial charge in [-0.15, -0.1) is 0 Å². The lowest BCUT2D eigenvalue weighted by molar-refractivity contribution is -0.149. The average molecular weight is 191 g/mol. The van der Waals surface area contributed by atoms with Gasteiger partial charge in [-0.3, -0.25) is 4.79 Å². The number of carbonyl (C=O) groups is 1. The molecule has 0 aliphatic carbocycles. The Hall–Kier alpha value is -0.220. The van der Waals surface area contributed by atoms with E-state index in [0.717, 1.165) is 0 Å². The molecule has 12 heavy (non-hydrogen) atoms. The first kappa shape index (κ1) is 11.8. The molecule has 2 N–H and O–H groups in total. The monoisotopic (exact) mass is 191 g/mol. The third-order valence-corrected chi connectivity index (χ3v) is 1.65. The number of hydrogen-bond acceptors (Lipinski definition) is 4. The standard InChI is InChI=1S/C8H17NO2S/c1-5(2)11-7(10)6(9)8(3,4)12/h5-6,12H,9H2,1-4H3/t6-/m0/s1. The van der Waals surface area contributed by atoms with Crippen LogP contribution < -0.4 is 5.73 Å². The molecule has 0 aromatic rings. The highest BCUT2D eigenvalue weighted by molar-refractivity contribution is 7.81. The molecule has 0 rings (SSSR count). The van der Waals surface area contributed by atoms with Crippen LogP contribution in [0.15, 0.2) is 0 Å². The third-order valence-electron chi connectivity index (χ3n) is 1.37. The molecule has 0 saturated carbocycles. The van der Waals surface area contributed by atoms with Crippen molar-refractivity contribution < 1.29 is 9.53 Å². The molecule has 0 aliphatic heterocycles. The molecular weight excluding hydrogens is 174 g/mol. The molecule has 0 aromatic heterocycles. The highest BCUT2D eigenvalue weighted by Crippen LogP contribution is 2.16. The lowest BCUT2D eigenvalue weighted by Gasteiger charge is -2.24. The largest absolute Gasteiger partial charge is 0.462 e. The van der Waals surface area contributed by atoms with Gasteiger partial charge in [0.25, 0.3) is 0 Å². The highest BCUT2D eigenvalue weighted by Gasteiger charge is 2.30. The van der Waals surface area contributed by atoms with E-state index < -0.39 is 16.8 Å². The molecule has 0 radical (unpaired) electrons. The quantitative estimate of drug-likeness (QED) is 0.516. The number of thiol groups is 1. The number of ether oxygens (including phenoxy) is 1. The second kappa shape index (κ2) is 4.14. The molecule has 0 bridgehead atoms. The molecule has 0 aliphatic rings. The van der Waals surface area contributed by atoms with Gasteiger partial charge in [0.2, 0.25) is 0 Å². The summed E-state index contributed by atoms with van der Waals surface area (Å²) in [5, 5.41) is 0. The van der Waals surface area contributed by atoms with Crippen molar-refractivity contribution in [2.75, 3.05) is 0 Å². The molecule has 0 unspecified atom stereocenters. The van der Waals surface area contributed by atoms with Crippen LogP contribution in [0.2, 0.25) is 0 Å². The molecule has 0 saturated heterocycles. The number of esters is 1. The summed E-state index contributed by atoms with van der Waals surface area (Å²) in [6.07, 6.45) is -0.126. The van der Waals surface area contributed by atoms with Crippen LogP contribution in [-0.4, -0.2) is 22.9 Å². The van der Waals surface area contributed by atoms with E-state index in [1.165, 1.54) is 0 Å². The van der Waals surface area contributed by atoms with E-state index in [2.05, 4.69) is 12.6 Å². The van der Waals surface area contributed by atoms with Gasteiger partial charge in [-0.1, -0.05) is 0 Å². The Morgan fingerprint density at radius 2 is 1.92 bits per heavy atom. The van der Waals surface area contributed by atoms with Crippen molar-refractivity contribution in [2.45, 2.75) is 44.6 Å². The van der Waals surface area contributed by atoms with E-state index in [9.17, 15) is 4.79 Å². The van der Waals surface area contributed by atoms with E-state index in [-0.39, 0.29) is 6.10 Å². The summed E-state index contributed by atoms with van der Waals surface area (Å²) in [7, 11) is 0. The van der Waals surface area contributed by atoms with Crippen molar-refractivity contribution in [2.24, 2.45) is 5.73 Å². The molecule has 0 heterocycles. The van der Waals surface area contributed by atoms with Crippen LogP contribution >= 0.6 is 12.6 Å². The first-order chi connectivity index (χ1) is 5.25. The first-order valence-electron chi connectivity index (χ1n) is 3.93. The minimum absolute atomic E-state index is 0.126. The third kappa shape index (κ3) is 3.97. The minimum Gasteiger partial charge on any atom is -0.462 e. The summed E-state index contributed by atoms with van der Waals surface area (Å²) in [5.74, 6) is -0.398. The highest BCUT2D eigenvalue weighted by atomic mass is 32.1. The van der Waals surface area contributed by atoms with Crippen LogP contribution in [0.1, 0.15) is 27.7 Å². The van der Waals surface area contributed by atoms with Gasteiger partial charge in [-0.2, -0.15) is 12.6 Å². The number of carbonyl (C=O) groups excluding carboxylic acids is 1. The molecule has 0 fully saturated rings. The first-order valence-corrected chi connectivity index (χ1v) is 4.38. The lowest BCUT2D eigenvalue weighted by atomic mass is 10.0. The van der Waals surface area contributed by atoms with Crippen LogP contribution in [0.25, 0.3) is 0 Å². The molecule has 3 nitrogen and oxygen atoms in total. The van der Waals surface area contributed by atoms with Gasteiger partial charge in [0.15, 0.2) is 0 Å². The summed E-state index contributed by atoms with van der Waals surface area (Å²) in [5.41, 5.74) is 5.59. The van der Waals surface area contributed by atoms with E-state index in [0.29, 0.717) is 0 Å². The Morgan fingerprint density at radius 3 is 2.17 bits per heavy atom. The van der Waals surface area contributed by atoms with E-state index in [1.54, 1.807) is 27.7 Å². The summed E-state index contributed by atoms with van der Waals surface area (Å²) >= 11 is 4.19. The van der Waals surface area contributed by atoms with Crippen molar-refractivity contribution in [3.05, 3.63) is 0 Å². The summed E-state index contributed by atoms with van der Waals surface area (Å²) < 4.78 is 4.39. The fraction of sp³-hybridized carbons (Fsp3) is 0.875. The van der Waals surface area contributed by atoms with Crippen molar-refractivity contribution >= 4 is 18.6 Å². The summed E-state index contributed by atoms with van der Waals surface area (Å²) in [4.78, 5) is 11.2. The number of nitrogens with two attached hydrogens (primary N) is 1. The predicted octanol–water partition coefficient (Wildman–Crippen LogP) is 0.974. The van der Waals surface area contributed by atoms with Gasteiger partial charge in [-0.05, 0) is 27.7 Å². The molecule has 0 aromatic carbocycles. The molecular formula is C8H17NO2S. The van der Waals surface area contributed by atoms with Gasteiger partial charge in [0.05, 0.1) is 6.10 Å². The van der Waals surface area contributed by atoms with Gasteiger partial charge < -0.3 is 10.5 Å². The molecule has 0 spiro atoms. The van der Waals surface area contributed by atoms with E-state index in [4.69, 9.17) is 10.5 Å². The SMILES string of the molecule is CC(C)OC(=O)[C@H](N)C(C)(C)S. The fourth-order valence-corrected chi connectivity index (χ4v) is 0.699. The van der Waals surface area contributed by atoms with Crippen LogP contribution in [0.4, 0.5) is 0 Å². The molecule has 0 amide bonds. The second-order valence-electron chi connectivity index (χ2n) is 3.62. The van der Waals surface area contributed by atoms with Gasteiger partial charge >= 0.3 is 5.97 Å². The van der Waals surface area contributed by atoms with Gasteiger partial charge in [-0.25, -0.2) is 0 Å². The van der Waals surface area contributed by atoms with E-state index in [1.807, 2.05) is 0 Å². The van der Waals surface area contributed by atoms with Crippen LogP contribution in [-0.2, 0) is 9.53 Å². The number of rotatable bonds is 3. The molecule has 4 heteroatoms. The summed E-state index contributed by atoms with van der Waals surface area (Å²) in [6, 6.07) is -0.678. The molecule has 72 valence electrons. The average Bonchev–Trinajstić information content (AvgIpc) is 1.82. The Labute approximate surface area is 79.1 Å². The lowest BCUT2D eigenvalue weighted by Crippen LogP contribution is -2.46. The van der Waals surface area contributed by atoms with Crippen LogP contribution in [0.3, 0.4) is 0 Å². The van der Waals surface area contributed by atoms with Crippen molar-refractivity contribution in [1.29, 1.82) is 0 Å². The zero-order chi connectivity index (χ0) is 9.94.